The third kappa shape index (κ3) is 2.98. The normalized spacial score (nSPS) is 15.9. The Morgan fingerprint density at radius 1 is 0.923 bits per heavy atom. The Labute approximate surface area is 84.5 Å². The summed E-state index contributed by atoms with van der Waals surface area (Å²) >= 11 is 0. The Hall–Kier alpha value is -0.0400. The molecule has 0 aliphatic carbocycles. The molecule has 0 aliphatic heterocycles. The molecule has 0 bridgehead atoms. The van der Waals surface area contributed by atoms with E-state index in [1.807, 2.05) is 0 Å². The van der Waals surface area contributed by atoms with Gasteiger partial charge in [-0.05, 0) is 39.7 Å². The first kappa shape index (κ1) is 13.0. The predicted molar refractivity (Wildman–Crippen MR) is 61.0 cm³/mol. The van der Waals surface area contributed by atoms with Crippen molar-refractivity contribution >= 4 is 0 Å². The SMILES string of the molecule is CC(C)[C@H](C)N(C)C(C)(C)C(C)C. The minimum absolute atomic E-state index is 0.295. The van der Waals surface area contributed by atoms with Gasteiger partial charge in [-0.2, -0.15) is 0 Å². The second kappa shape index (κ2) is 4.45. The number of hydrogen-bond donors (Lipinski definition) is 0. The topological polar surface area (TPSA) is 3.24 Å². The summed E-state index contributed by atoms with van der Waals surface area (Å²) in [6.07, 6.45) is 0. The molecule has 1 atom stereocenters. The van der Waals surface area contributed by atoms with E-state index in [0.29, 0.717) is 17.5 Å². The van der Waals surface area contributed by atoms with Crippen LogP contribution in [0.5, 0.6) is 0 Å². The second-order valence-corrected chi connectivity index (χ2v) is 5.40. The van der Waals surface area contributed by atoms with Gasteiger partial charge in [-0.1, -0.05) is 27.7 Å². The summed E-state index contributed by atoms with van der Waals surface area (Å²) in [5.41, 5.74) is 0.295. The summed E-state index contributed by atoms with van der Waals surface area (Å²) in [5.74, 6) is 1.42. The van der Waals surface area contributed by atoms with Crippen LogP contribution in [0.15, 0.2) is 0 Å². The van der Waals surface area contributed by atoms with Gasteiger partial charge in [0.05, 0.1) is 0 Å². The van der Waals surface area contributed by atoms with Crippen molar-refractivity contribution < 1.29 is 0 Å². The fourth-order valence-corrected chi connectivity index (χ4v) is 1.38. The Balaban J connectivity index is 4.48. The van der Waals surface area contributed by atoms with Crippen LogP contribution in [0.2, 0.25) is 0 Å². The van der Waals surface area contributed by atoms with E-state index < -0.39 is 0 Å². The van der Waals surface area contributed by atoms with Gasteiger partial charge in [0.25, 0.3) is 0 Å². The maximum absolute atomic E-state index is 2.50. The van der Waals surface area contributed by atoms with Crippen molar-refractivity contribution in [2.24, 2.45) is 11.8 Å². The summed E-state index contributed by atoms with van der Waals surface area (Å²) < 4.78 is 0. The largest absolute Gasteiger partial charge is 0.298 e. The lowest BCUT2D eigenvalue weighted by Crippen LogP contribution is -2.51. The smallest absolute Gasteiger partial charge is 0.0176 e. The van der Waals surface area contributed by atoms with Crippen LogP contribution in [-0.2, 0) is 0 Å². The third-order valence-corrected chi connectivity index (χ3v) is 3.90. The van der Waals surface area contributed by atoms with E-state index in [-0.39, 0.29) is 0 Å². The van der Waals surface area contributed by atoms with Crippen LogP contribution in [0.1, 0.15) is 48.5 Å². The molecular formula is C12H27N. The van der Waals surface area contributed by atoms with Crippen LogP contribution in [-0.4, -0.2) is 23.5 Å². The quantitative estimate of drug-likeness (QED) is 0.649. The standard InChI is InChI=1S/C12H27N/c1-9(2)11(5)13(8)12(6,7)10(3)4/h9-11H,1-8H3/t11-/m0/s1. The maximum atomic E-state index is 2.50. The summed E-state index contributed by atoms with van der Waals surface area (Å²) in [6.45, 7) is 16.1. The first-order chi connectivity index (χ1) is 5.71. The Morgan fingerprint density at radius 3 is 1.54 bits per heavy atom. The average Bonchev–Trinajstić information content (AvgIpc) is 2.01. The molecule has 0 saturated heterocycles. The molecule has 1 nitrogen and oxygen atoms in total. The van der Waals surface area contributed by atoms with E-state index >= 15 is 0 Å². The zero-order valence-electron chi connectivity index (χ0n) is 10.7. The Morgan fingerprint density at radius 2 is 1.31 bits per heavy atom. The lowest BCUT2D eigenvalue weighted by Gasteiger charge is -2.44. The Bertz CT molecular complexity index is 147. The molecule has 0 aliphatic rings. The molecule has 13 heavy (non-hydrogen) atoms. The molecular weight excluding hydrogens is 158 g/mol. The van der Waals surface area contributed by atoms with Crippen LogP contribution in [0, 0.1) is 11.8 Å². The molecule has 0 radical (unpaired) electrons. The molecule has 0 aromatic heterocycles. The first-order valence-electron chi connectivity index (χ1n) is 5.44. The fraction of sp³-hybridized carbons (Fsp3) is 1.00. The Kier molecular flexibility index (Phi) is 4.44. The summed E-state index contributed by atoms with van der Waals surface area (Å²) in [5, 5.41) is 0. The van der Waals surface area contributed by atoms with Gasteiger partial charge in [-0.15, -0.1) is 0 Å². The third-order valence-electron chi connectivity index (χ3n) is 3.90. The molecule has 0 saturated carbocycles. The van der Waals surface area contributed by atoms with Crippen molar-refractivity contribution in [3.8, 4) is 0 Å². The molecule has 0 heterocycles. The summed E-state index contributed by atoms with van der Waals surface area (Å²) in [4.78, 5) is 2.50. The van der Waals surface area contributed by atoms with E-state index in [2.05, 4.69) is 60.4 Å². The molecule has 0 aromatic carbocycles. The molecule has 0 spiro atoms. The predicted octanol–water partition coefficient (Wildman–Crippen LogP) is 3.40. The number of hydrogen-bond acceptors (Lipinski definition) is 1. The van der Waals surface area contributed by atoms with Crippen molar-refractivity contribution in [3.05, 3.63) is 0 Å². The van der Waals surface area contributed by atoms with Gasteiger partial charge in [0.15, 0.2) is 0 Å². The molecule has 80 valence electrons. The van der Waals surface area contributed by atoms with Gasteiger partial charge in [-0.25, -0.2) is 0 Å². The summed E-state index contributed by atoms with van der Waals surface area (Å²) in [6, 6.07) is 0.650. The zero-order chi connectivity index (χ0) is 10.8. The van der Waals surface area contributed by atoms with Gasteiger partial charge in [0, 0.05) is 11.6 Å². The van der Waals surface area contributed by atoms with Gasteiger partial charge in [-0.3, -0.25) is 4.90 Å². The van der Waals surface area contributed by atoms with E-state index in [4.69, 9.17) is 0 Å². The molecule has 0 N–H and O–H groups in total. The van der Waals surface area contributed by atoms with Crippen LogP contribution in [0.25, 0.3) is 0 Å². The monoisotopic (exact) mass is 185 g/mol. The summed E-state index contributed by atoms with van der Waals surface area (Å²) in [7, 11) is 2.24. The maximum Gasteiger partial charge on any atom is 0.0176 e. The van der Waals surface area contributed by atoms with E-state index in [9.17, 15) is 0 Å². The van der Waals surface area contributed by atoms with Crippen molar-refractivity contribution in [1.82, 2.24) is 4.90 Å². The van der Waals surface area contributed by atoms with Gasteiger partial charge >= 0.3 is 0 Å². The molecule has 0 unspecified atom stereocenters. The van der Waals surface area contributed by atoms with E-state index in [1.54, 1.807) is 0 Å². The molecule has 1 heteroatoms. The minimum Gasteiger partial charge on any atom is -0.298 e. The van der Waals surface area contributed by atoms with E-state index in [1.165, 1.54) is 0 Å². The highest BCUT2D eigenvalue weighted by Crippen LogP contribution is 2.26. The fourth-order valence-electron chi connectivity index (χ4n) is 1.38. The van der Waals surface area contributed by atoms with Gasteiger partial charge in [0.2, 0.25) is 0 Å². The van der Waals surface area contributed by atoms with Crippen molar-refractivity contribution in [2.45, 2.75) is 60.0 Å². The lowest BCUT2D eigenvalue weighted by atomic mass is 9.86. The highest BCUT2D eigenvalue weighted by molar-refractivity contribution is 4.86. The zero-order valence-corrected chi connectivity index (χ0v) is 10.7. The molecule has 0 fully saturated rings. The number of rotatable bonds is 4. The molecule has 0 aromatic rings. The highest BCUT2D eigenvalue weighted by atomic mass is 15.2. The molecule has 0 amide bonds. The van der Waals surface area contributed by atoms with Crippen LogP contribution in [0.4, 0.5) is 0 Å². The lowest BCUT2D eigenvalue weighted by molar-refractivity contribution is 0.0491. The number of nitrogens with zero attached hydrogens (tertiary/aromatic N) is 1. The minimum atomic E-state index is 0.295. The van der Waals surface area contributed by atoms with Crippen molar-refractivity contribution in [2.75, 3.05) is 7.05 Å². The first-order valence-corrected chi connectivity index (χ1v) is 5.44. The molecule has 0 rings (SSSR count). The van der Waals surface area contributed by atoms with Gasteiger partial charge in [0.1, 0.15) is 0 Å². The van der Waals surface area contributed by atoms with Gasteiger partial charge < -0.3 is 0 Å². The van der Waals surface area contributed by atoms with Crippen molar-refractivity contribution in [1.29, 1.82) is 0 Å². The van der Waals surface area contributed by atoms with Crippen LogP contribution < -0.4 is 0 Å². The second-order valence-electron chi connectivity index (χ2n) is 5.40. The van der Waals surface area contributed by atoms with Crippen LogP contribution in [0.3, 0.4) is 0 Å². The van der Waals surface area contributed by atoms with Crippen molar-refractivity contribution in [3.63, 3.8) is 0 Å². The van der Waals surface area contributed by atoms with Crippen LogP contribution >= 0.6 is 0 Å². The van der Waals surface area contributed by atoms with E-state index in [0.717, 1.165) is 5.92 Å². The average molecular weight is 185 g/mol. The highest BCUT2D eigenvalue weighted by Gasteiger charge is 2.31.